The van der Waals surface area contributed by atoms with Gasteiger partial charge in [0.2, 0.25) is 0 Å². The second-order valence-corrected chi connectivity index (χ2v) is 7.04. The molecule has 7 heteroatoms. The molecule has 6 nitrogen and oxygen atoms in total. The average molecular weight is 350 g/mol. The Morgan fingerprint density at radius 3 is 2.64 bits per heavy atom. The highest BCUT2D eigenvalue weighted by Crippen LogP contribution is 2.35. The number of nitrogens with zero attached hydrogens (tertiary/aromatic N) is 3. The van der Waals surface area contributed by atoms with Crippen LogP contribution in [0.4, 0.5) is 10.9 Å². The van der Waals surface area contributed by atoms with Crippen molar-refractivity contribution in [3.8, 4) is 22.5 Å². The molecule has 0 radical (unpaired) electrons. The highest BCUT2D eigenvalue weighted by molar-refractivity contribution is 7.21. The maximum absolute atomic E-state index is 6.14. The first-order chi connectivity index (χ1) is 12.1. The molecule has 0 saturated carbocycles. The van der Waals surface area contributed by atoms with Gasteiger partial charge in [0.25, 0.3) is 0 Å². The van der Waals surface area contributed by atoms with Crippen molar-refractivity contribution in [1.82, 2.24) is 20.2 Å². The SMILES string of the molecule is CC(C)Nc1nc2ccc(-c3c(-c4ccccc4)n[nH]c3N)nc2s1. The number of hydrogen-bond acceptors (Lipinski definition) is 6. The summed E-state index contributed by atoms with van der Waals surface area (Å²) in [6.45, 7) is 4.17. The minimum absolute atomic E-state index is 0.328. The van der Waals surface area contributed by atoms with Crippen molar-refractivity contribution >= 4 is 32.6 Å². The molecule has 25 heavy (non-hydrogen) atoms. The van der Waals surface area contributed by atoms with Crippen LogP contribution in [-0.2, 0) is 0 Å². The fourth-order valence-corrected chi connectivity index (χ4v) is 3.67. The number of rotatable bonds is 4. The standard InChI is InChI=1S/C18H18N6S/c1-10(2)20-18-22-13-9-8-12(21-17(13)25-18)14-15(23-24-16(14)19)11-6-4-3-5-7-11/h3-10H,1-2H3,(H,20,22)(H3,19,23,24). The largest absolute Gasteiger partial charge is 0.383 e. The van der Waals surface area contributed by atoms with Crippen molar-refractivity contribution < 1.29 is 0 Å². The molecule has 0 aliphatic rings. The lowest BCUT2D eigenvalue weighted by Gasteiger charge is -2.03. The monoisotopic (exact) mass is 350 g/mol. The van der Waals surface area contributed by atoms with Crippen LogP contribution in [0.15, 0.2) is 42.5 Å². The van der Waals surface area contributed by atoms with E-state index in [1.807, 2.05) is 42.5 Å². The number of nitrogen functional groups attached to an aromatic ring is 1. The van der Waals surface area contributed by atoms with Gasteiger partial charge < -0.3 is 11.1 Å². The summed E-state index contributed by atoms with van der Waals surface area (Å²) >= 11 is 1.54. The van der Waals surface area contributed by atoms with Crippen molar-refractivity contribution in [2.45, 2.75) is 19.9 Å². The van der Waals surface area contributed by atoms with Crippen molar-refractivity contribution in [2.24, 2.45) is 0 Å². The number of H-pyrrole nitrogens is 1. The molecule has 0 bridgehead atoms. The lowest BCUT2D eigenvalue weighted by atomic mass is 10.0. The number of thiazole rings is 1. The highest BCUT2D eigenvalue weighted by Gasteiger charge is 2.17. The van der Waals surface area contributed by atoms with Crippen LogP contribution in [0.25, 0.3) is 32.9 Å². The Hall–Kier alpha value is -2.93. The molecule has 0 fully saturated rings. The van der Waals surface area contributed by atoms with Gasteiger partial charge in [-0.15, -0.1) is 0 Å². The number of hydrogen-bond donors (Lipinski definition) is 3. The molecule has 0 saturated heterocycles. The summed E-state index contributed by atoms with van der Waals surface area (Å²) < 4.78 is 0. The van der Waals surface area contributed by atoms with Gasteiger partial charge in [0.15, 0.2) is 5.13 Å². The first-order valence-corrected chi connectivity index (χ1v) is 8.87. The van der Waals surface area contributed by atoms with Gasteiger partial charge in [0.05, 0.1) is 11.3 Å². The van der Waals surface area contributed by atoms with Crippen molar-refractivity contribution in [3.05, 3.63) is 42.5 Å². The average Bonchev–Trinajstić information content (AvgIpc) is 3.17. The Morgan fingerprint density at radius 2 is 1.88 bits per heavy atom. The van der Waals surface area contributed by atoms with Crippen LogP contribution in [0.5, 0.6) is 0 Å². The zero-order valence-corrected chi connectivity index (χ0v) is 14.8. The van der Waals surface area contributed by atoms with E-state index in [1.54, 1.807) is 0 Å². The number of aromatic amines is 1. The summed E-state index contributed by atoms with van der Waals surface area (Å²) in [5.74, 6) is 0.510. The van der Waals surface area contributed by atoms with E-state index in [4.69, 9.17) is 10.7 Å². The van der Waals surface area contributed by atoms with Gasteiger partial charge in [-0.2, -0.15) is 5.10 Å². The Labute approximate surface area is 149 Å². The molecule has 3 aromatic heterocycles. The van der Waals surface area contributed by atoms with Crippen LogP contribution in [0.3, 0.4) is 0 Å². The van der Waals surface area contributed by atoms with E-state index in [1.165, 1.54) is 11.3 Å². The molecule has 4 aromatic rings. The zero-order valence-electron chi connectivity index (χ0n) is 13.9. The van der Waals surface area contributed by atoms with Crippen LogP contribution >= 0.6 is 11.3 Å². The van der Waals surface area contributed by atoms with Crippen LogP contribution in [0.2, 0.25) is 0 Å². The smallest absolute Gasteiger partial charge is 0.185 e. The third-order valence-corrected chi connectivity index (χ3v) is 4.66. The molecule has 0 aliphatic carbocycles. The van der Waals surface area contributed by atoms with E-state index < -0.39 is 0 Å². The van der Waals surface area contributed by atoms with Crippen LogP contribution in [-0.4, -0.2) is 26.2 Å². The lowest BCUT2D eigenvalue weighted by Crippen LogP contribution is -2.08. The molecule has 4 rings (SSSR count). The molecule has 0 aliphatic heterocycles. The van der Waals surface area contributed by atoms with Gasteiger partial charge in [-0.1, -0.05) is 41.7 Å². The van der Waals surface area contributed by atoms with E-state index in [0.717, 1.165) is 38.0 Å². The summed E-state index contributed by atoms with van der Waals surface area (Å²) in [5, 5.41) is 11.4. The molecule has 126 valence electrons. The van der Waals surface area contributed by atoms with Gasteiger partial charge in [0.1, 0.15) is 21.9 Å². The van der Waals surface area contributed by atoms with E-state index >= 15 is 0 Å². The zero-order chi connectivity index (χ0) is 17.4. The maximum atomic E-state index is 6.14. The fraction of sp³-hybridized carbons (Fsp3) is 0.167. The first-order valence-electron chi connectivity index (χ1n) is 8.05. The van der Waals surface area contributed by atoms with E-state index in [9.17, 15) is 0 Å². The van der Waals surface area contributed by atoms with Gasteiger partial charge in [0, 0.05) is 11.6 Å². The number of pyridine rings is 1. The highest BCUT2D eigenvalue weighted by atomic mass is 32.1. The van der Waals surface area contributed by atoms with Gasteiger partial charge in [-0.05, 0) is 26.0 Å². The summed E-state index contributed by atoms with van der Waals surface area (Å²) in [7, 11) is 0. The minimum Gasteiger partial charge on any atom is -0.383 e. The number of anilines is 2. The molecule has 1 aromatic carbocycles. The summed E-state index contributed by atoms with van der Waals surface area (Å²) in [6.07, 6.45) is 0. The Morgan fingerprint density at radius 1 is 1.08 bits per heavy atom. The van der Waals surface area contributed by atoms with Gasteiger partial charge >= 0.3 is 0 Å². The molecular formula is C18H18N6S. The number of nitrogens with two attached hydrogens (primary N) is 1. The van der Waals surface area contributed by atoms with E-state index in [2.05, 4.69) is 34.3 Å². The predicted molar refractivity (Wildman–Crippen MR) is 104 cm³/mol. The Bertz CT molecular complexity index is 1020. The molecule has 0 amide bonds. The summed E-state index contributed by atoms with van der Waals surface area (Å²) in [5.41, 5.74) is 10.4. The van der Waals surface area contributed by atoms with E-state index in [-0.39, 0.29) is 0 Å². The third kappa shape index (κ3) is 2.94. The number of fused-ring (bicyclic) bond motifs is 1. The summed E-state index contributed by atoms with van der Waals surface area (Å²) in [4.78, 5) is 10.2. The maximum Gasteiger partial charge on any atom is 0.185 e. The minimum atomic E-state index is 0.328. The molecule has 0 atom stereocenters. The summed E-state index contributed by atoms with van der Waals surface area (Å²) in [6, 6.07) is 14.2. The second-order valence-electron chi connectivity index (χ2n) is 6.07. The predicted octanol–water partition coefficient (Wildman–Crippen LogP) is 4.15. The lowest BCUT2D eigenvalue weighted by molar-refractivity contribution is 0.897. The van der Waals surface area contributed by atoms with Crippen LogP contribution in [0, 0.1) is 0 Å². The van der Waals surface area contributed by atoms with Crippen molar-refractivity contribution in [1.29, 1.82) is 0 Å². The molecule has 4 N–H and O–H groups in total. The number of aromatic nitrogens is 4. The normalized spacial score (nSPS) is 11.3. The first kappa shape index (κ1) is 15.6. The van der Waals surface area contributed by atoms with Crippen LogP contribution < -0.4 is 11.1 Å². The fourth-order valence-electron chi connectivity index (χ4n) is 2.68. The molecule has 0 unspecified atom stereocenters. The number of nitrogens with one attached hydrogen (secondary N) is 2. The topological polar surface area (TPSA) is 92.5 Å². The second kappa shape index (κ2) is 6.18. The molecule has 3 heterocycles. The Balaban J connectivity index is 1.81. The van der Waals surface area contributed by atoms with Crippen molar-refractivity contribution in [2.75, 3.05) is 11.1 Å². The van der Waals surface area contributed by atoms with E-state index in [0.29, 0.717) is 11.9 Å². The van der Waals surface area contributed by atoms with Crippen LogP contribution in [0.1, 0.15) is 13.8 Å². The Kier molecular flexibility index (Phi) is 3.85. The van der Waals surface area contributed by atoms with Gasteiger partial charge in [-0.25, -0.2) is 9.97 Å². The number of benzene rings is 1. The van der Waals surface area contributed by atoms with Crippen molar-refractivity contribution in [3.63, 3.8) is 0 Å². The van der Waals surface area contributed by atoms with Gasteiger partial charge in [-0.3, -0.25) is 5.10 Å². The molecule has 0 spiro atoms. The quantitative estimate of drug-likeness (QED) is 0.514. The third-order valence-electron chi connectivity index (χ3n) is 3.77. The molecular weight excluding hydrogens is 332 g/mol.